The number of aromatic nitrogens is 1. The second-order valence-electron chi connectivity index (χ2n) is 8.41. The molecule has 2 aromatic carbocycles. The second kappa shape index (κ2) is 8.78. The summed E-state index contributed by atoms with van der Waals surface area (Å²) in [7, 11) is 0. The number of carbonyl (C=O) groups excluding carboxylic acids is 1. The number of halogens is 2. The van der Waals surface area contributed by atoms with Crippen molar-refractivity contribution in [3.05, 3.63) is 79.8 Å². The van der Waals surface area contributed by atoms with Crippen LogP contribution in [0, 0.1) is 3.57 Å². The SMILES string of the molecule is CC(C)(C)N/C=C1\C(=O)c2cc(Br)ccc2OC1Cc1cnc(-c2ccc(I)cc2)o1. The lowest BCUT2D eigenvalue weighted by Crippen LogP contribution is -2.37. The Morgan fingerprint density at radius 2 is 1.94 bits per heavy atom. The van der Waals surface area contributed by atoms with E-state index in [9.17, 15) is 4.79 Å². The molecule has 31 heavy (non-hydrogen) atoms. The van der Waals surface area contributed by atoms with Crippen molar-refractivity contribution in [1.29, 1.82) is 0 Å². The van der Waals surface area contributed by atoms with Gasteiger partial charge in [-0.15, -0.1) is 0 Å². The van der Waals surface area contributed by atoms with E-state index >= 15 is 0 Å². The number of rotatable bonds is 4. The van der Waals surface area contributed by atoms with Crippen molar-refractivity contribution in [3.8, 4) is 17.2 Å². The zero-order valence-electron chi connectivity index (χ0n) is 17.4. The molecule has 1 aliphatic rings. The Bertz CT molecular complexity index is 1150. The Hall–Kier alpha value is -2.13. The minimum atomic E-state index is -0.478. The second-order valence-corrected chi connectivity index (χ2v) is 10.6. The number of hydrogen-bond acceptors (Lipinski definition) is 5. The molecule has 1 unspecified atom stereocenters. The van der Waals surface area contributed by atoms with Gasteiger partial charge in [-0.05, 0) is 85.8 Å². The van der Waals surface area contributed by atoms with E-state index in [2.05, 4.69) is 48.8 Å². The fourth-order valence-electron chi connectivity index (χ4n) is 3.22. The van der Waals surface area contributed by atoms with Crippen molar-refractivity contribution >= 4 is 44.3 Å². The number of ether oxygens (including phenoxy) is 1. The van der Waals surface area contributed by atoms with Crippen molar-refractivity contribution in [1.82, 2.24) is 10.3 Å². The highest BCUT2D eigenvalue weighted by Gasteiger charge is 2.33. The molecule has 0 aliphatic carbocycles. The van der Waals surface area contributed by atoms with Crippen molar-refractivity contribution in [2.45, 2.75) is 38.8 Å². The van der Waals surface area contributed by atoms with E-state index in [1.54, 1.807) is 18.5 Å². The lowest BCUT2D eigenvalue weighted by atomic mass is 9.93. The van der Waals surface area contributed by atoms with Gasteiger partial charge in [0.05, 0.1) is 17.3 Å². The average molecular weight is 593 g/mol. The van der Waals surface area contributed by atoms with Gasteiger partial charge < -0.3 is 14.5 Å². The van der Waals surface area contributed by atoms with Gasteiger partial charge in [0, 0.05) is 31.8 Å². The van der Waals surface area contributed by atoms with Crippen LogP contribution in [0.25, 0.3) is 11.5 Å². The summed E-state index contributed by atoms with van der Waals surface area (Å²) in [5, 5.41) is 3.30. The number of nitrogens with zero attached hydrogens (tertiary/aromatic N) is 1. The molecule has 0 bridgehead atoms. The monoisotopic (exact) mass is 592 g/mol. The number of fused-ring (bicyclic) bond motifs is 1. The first-order valence-electron chi connectivity index (χ1n) is 9.89. The molecule has 1 aromatic heterocycles. The van der Waals surface area contributed by atoms with Crippen LogP contribution >= 0.6 is 38.5 Å². The van der Waals surface area contributed by atoms with Crippen LogP contribution in [0.2, 0.25) is 0 Å². The molecule has 7 heteroatoms. The van der Waals surface area contributed by atoms with Crippen LogP contribution in [-0.4, -0.2) is 22.4 Å². The van der Waals surface area contributed by atoms with Gasteiger partial charge in [0.1, 0.15) is 17.6 Å². The standard InChI is InChI=1S/C24H22BrIN2O3/c1-24(2,3)28-13-19-21(31-20-9-6-15(25)10-18(20)22(19)29)11-17-12-27-23(30-17)14-4-7-16(26)8-5-14/h4-10,12-13,21,28H,11H2,1-3H3/b19-13-. The molecule has 2 heterocycles. The molecule has 1 aliphatic heterocycles. The van der Waals surface area contributed by atoms with Crippen LogP contribution in [0.15, 0.2) is 69.3 Å². The van der Waals surface area contributed by atoms with E-state index in [1.165, 1.54) is 0 Å². The highest BCUT2D eigenvalue weighted by atomic mass is 127. The van der Waals surface area contributed by atoms with Crippen LogP contribution < -0.4 is 10.1 Å². The number of ketones is 1. The summed E-state index contributed by atoms with van der Waals surface area (Å²) in [6.07, 6.45) is 3.39. The molecule has 1 N–H and O–H groups in total. The minimum absolute atomic E-state index is 0.0540. The summed E-state index contributed by atoms with van der Waals surface area (Å²) < 4.78 is 14.2. The first-order chi connectivity index (χ1) is 14.7. The molecule has 0 amide bonds. The van der Waals surface area contributed by atoms with Gasteiger partial charge in [-0.2, -0.15) is 0 Å². The average Bonchev–Trinajstić information content (AvgIpc) is 3.16. The molecule has 0 radical (unpaired) electrons. The molecule has 4 rings (SSSR count). The zero-order valence-corrected chi connectivity index (χ0v) is 21.2. The van der Waals surface area contributed by atoms with Crippen molar-refractivity contribution < 1.29 is 13.9 Å². The predicted molar refractivity (Wildman–Crippen MR) is 132 cm³/mol. The number of benzene rings is 2. The third kappa shape index (κ3) is 5.20. The van der Waals surface area contributed by atoms with Gasteiger partial charge in [0.2, 0.25) is 5.89 Å². The topological polar surface area (TPSA) is 64.4 Å². The van der Waals surface area contributed by atoms with E-state index in [4.69, 9.17) is 9.15 Å². The molecule has 0 saturated carbocycles. The van der Waals surface area contributed by atoms with E-state index in [-0.39, 0.29) is 11.3 Å². The molecule has 1 atom stereocenters. The molecular weight excluding hydrogens is 571 g/mol. The van der Waals surface area contributed by atoms with Crippen LogP contribution in [0.1, 0.15) is 36.9 Å². The number of carbonyl (C=O) groups is 1. The van der Waals surface area contributed by atoms with E-state index in [0.717, 1.165) is 13.6 Å². The summed E-state index contributed by atoms with van der Waals surface area (Å²) in [6.45, 7) is 6.13. The lowest BCUT2D eigenvalue weighted by Gasteiger charge is -2.29. The summed E-state index contributed by atoms with van der Waals surface area (Å²) in [6, 6.07) is 13.5. The predicted octanol–water partition coefficient (Wildman–Crippen LogP) is 6.17. The molecule has 0 saturated heterocycles. The maximum atomic E-state index is 13.3. The Morgan fingerprint density at radius 1 is 1.19 bits per heavy atom. The van der Waals surface area contributed by atoms with Gasteiger partial charge in [-0.25, -0.2) is 4.98 Å². The highest BCUT2D eigenvalue weighted by Crippen LogP contribution is 2.34. The van der Waals surface area contributed by atoms with Crippen LogP contribution in [0.5, 0.6) is 5.75 Å². The number of oxazole rings is 1. The van der Waals surface area contributed by atoms with Gasteiger partial charge in [0.25, 0.3) is 0 Å². The van der Waals surface area contributed by atoms with Crippen LogP contribution in [0.3, 0.4) is 0 Å². The Kier molecular flexibility index (Phi) is 6.25. The first-order valence-corrected chi connectivity index (χ1v) is 11.8. The van der Waals surface area contributed by atoms with E-state index < -0.39 is 6.10 Å². The largest absolute Gasteiger partial charge is 0.484 e. The lowest BCUT2D eigenvalue weighted by molar-refractivity contribution is 0.0956. The third-order valence-corrected chi connectivity index (χ3v) is 5.97. The van der Waals surface area contributed by atoms with Crippen LogP contribution in [0.4, 0.5) is 0 Å². The Labute approximate surface area is 203 Å². The van der Waals surface area contributed by atoms with E-state index in [1.807, 2.05) is 57.2 Å². The van der Waals surface area contributed by atoms with Gasteiger partial charge >= 0.3 is 0 Å². The molecule has 0 fully saturated rings. The Balaban J connectivity index is 1.64. The molecule has 0 spiro atoms. The summed E-state index contributed by atoms with van der Waals surface area (Å²) in [5.41, 5.74) is 1.84. The maximum Gasteiger partial charge on any atom is 0.226 e. The van der Waals surface area contributed by atoms with E-state index in [0.29, 0.717) is 35.0 Å². The van der Waals surface area contributed by atoms with Crippen LogP contribution in [-0.2, 0) is 6.42 Å². The molecule has 5 nitrogen and oxygen atoms in total. The van der Waals surface area contributed by atoms with Gasteiger partial charge in [-0.1, -0.05) is 15.9 Å². The number of nitrogens with one attached hydrogen (secondary N) is 1. The molecule has 3 aromatic rings. The smallest absolute Gasteiger partial charge is 0.226 e. The van der Waals surface area contributed by atoms with Gasteiger partial charge in [-0.3, -0.25) is 4.79 Å². The number of Topliss-reactive ketones (excluding diaryl/α,β-unsaturated/α-hetero) is 1. The normalized spacial score (nSPS) is 17.4. The van der Waals surface area contributed by atoms with Crippen molar-refractivity contribution in [2.24, 2.45) is 0 Å². The minimum Gasteiger partial charge on any atom is -0.484 e. The fourth-order valence-corrected chi connectivity index (χ4v) is 3.94. The Morgan fingerprint density at radius 3 is 2.65 bits per heavy atom. The molecular formula is C24H22BrIN2O3. The number of hydrogen-bond donors (Lipinski definition) is 1. The fraction of sp³-hybridized carbons (Fsp3) is 0.250. The summed E-state index contributed by atoms with van der Waals surface area (Å²) in [4.78, 5) is 17.7. The molecule has 160 valence electrons. The van der Waals surface area contributed by atoms with Crippen molar-refractivity contribution in [3.63, 3.8) is 0 Å². The third-order valence-electron chi connectivity index (χ3n) is 4.76. The van der Waals surface area contributed by atoms with Gasteiger partial charge in [0.15, 0.2) is 5.78 Å². The highest BCUT2D eigenvalue weighted by molar-refractivity contribution is 14.1. The quantitative estimate of drug-likeness (QED) is 0.290. The zero-order chi connectivity index (χ0) is 22.2. The van der Waals surface area contributed by atoms with Crippen molar-refractivity contribution in [2.75, 3.05) is 0 Å². The summed E-state index contributed by atoms with van der Waals surface area (Å²) in [5.74, 6) is 1.73. The first kappa shape index (κ1) is 22.1. The maximum absolute atomic E-state index is 13.3. The summed E-state index contributed by atoms with van der Waals surface area (Å²) >= 11 is 5.70.